The lowest BCUT2D eigenvalue weighted by atomic mass is 10.0. The summed E-state index contributed by atoms with van der Waals surface area (Å²) in [5.41, 5.74) is 0. The van der Waals surface area contributed by atoms with Crippen molar-refractivity contribution in [2.45, 2.75) is 272 Å². The van der Waals surface area contributed by atoms with Crippen LogP contribution in [0.2, 0.25) is 0 Å². The van der Waals surface area contributed by atoms with Crippen LogP contribution >= 0.6 is 0 Å². The summed E-state index contributed by atoms with van der Waals surface area (Å²) in [6, 6.07) is 0. The molecule has 0 amide bonds. The third-order valence-corrected chi connectivity index (χ3v) is 11.0. The van der Waals surface area contributed by atoms with Gasteiger partial charge in [-0.05, 0) is 31.1 Å². The summed E-state index contributed by atoms with van der Waals surface area (Å²) in [5, 5.41) is 0. The highest BCUT2D eigenvalue weighted by Crippen LogP contribution is 2.17. The summed E-state index contributed by atoms with van der Waals surface area (Å²) >= 11 is 0. The van der Waals surface area contributed by atoms with Gasteiger partial charge in [0.2, 0.25) is 0 Å². The first kappa shape index (κ1) is 53.4. The lowest BCUT2D eigenvalue weighted by Gasteiger charge is -2.18. The Labute approximate surface area is 342 Å². The molecule has 0 fully saturated rings. The zero-order chi connectivity index (χ0) is 40.5. The van der Waals surface area contributed by atoms with E-state index in [-0.39, 0.29) is 31.1 Å². The van der Waals surface area contributed by atoms with Crippen LogP contribution < -0.4 is 0 Å². The molecule has 0 spiro atoms. The van der Waals surface area contributed by atoms with Gasteiger partial charge in [0.15, 0.2) is 6.10 Å². The fourth-order valence-corrected chi connectivity index (χ4v) is 7.28. The molecule has 0 saturated heterocycles. The van der Waals surface area contributed by atoms with E-state index >= 15 is 0 Å². The van der Waals surface area contributed by atoms with Crippen LogP contribution in [0.15, 0.2) is 0 Å². The molecular weight excluding hydrogens is 685 g/mol. The Morgan fingerprint density at radius 1 is 0.345 bits per heavy atom. The van der Waals surface area contributed by atoms with Gasteiger partial charge in [0.1, 0.15) is 13.2 Å². The smallest absolute Gasteiger partial charge is 0.306 e. The number of hydrogen-bond donors (Lipinski definition) is 0. The maximum Gasteiger partial charge on any atom is 0.306 e. The highest BCUT2D eigenvalue weighted by molar-refractivity contribution is 5.71. The average Bonchev–Trinajstić information content (AvgIpc) is 3.15. The molecule has 0 saturated carbocycles. The molecule has 0 aromatic rings. The van der Waals surface area contributed by atoms with Gasteiger partial charge >= 0.3 is 17.9 Å². The van der Waals surface area contributed by atoms with Gasteiger partial charge in [-0.3, -0.25) is 14.4 Å². The molecule has 0 aliphatic rings. The van der Waals surface area contributed by atoms with Crippen LogP contribution in [0.4, 0.5) is 0 Å². The molecule has 6 heteroatoms. The molecular formula is C49H94O6. The van der Waals surface area contributed by atoms with Crippen molar-refractivity contribution in [1.29, 1.82) is 0 Å². The number of carbonyl (C=O) groups is 3. The fourth-order valence-electron chi connectivity index (χ4n) is 7.28. The fraction of sp³-hybridized carbons (Fsp3) is 0.939. The summed E-state index contributed by atoms with van der Waals surface area (Å²) in [7, 11) is 0. The summed E-state index contributed by atoms with van der Waals surface area (Å²) in [6.07, 6.45) is 40.9. The second-order valence-corrected chi connectivity index (χ2v) is 17.7. The van der Waals surface area contributed by atoms with E-state index in [2.05, 4.69) is 34.6 Å². The summed E-state index contributed by atoms with van der Waals surface area (Å²) in [4.78, 5) is 37.8. The van der Waals surface area contributed by atoms with Gasteiger partial charge in [-0.2, -0.15) is 0 Å². The first-order valence-corrected chi connectivity index (χ1v) is 24.2. The Kier molecular flexibility index (Phi) is 40.8. The zero-order valence-corrected chi connectivity index (χ0v) is 37.6. The molecule has 0 aromatic carbocycles. The molecule has 0 radical (unpaired) electrons. The second kappa shape index (κ2) is 42.0. The van der Waals surface area contributed by atoms with Crippen molar-refractivity contribution in [3.8, 4) is 0 Å². The van der Waals surface area contributed by atoms with Gasteiger partial charge in [-0.1, -0.05) is 227 Å². The van der Waals surface area contributed by atoms with E-state index in [1.165, 1.54) is 154 Å². The molecule has 0 aliphatic carbocycles. The minimum Gasteiger partial charge on any atom is -0.462 e. The van der Waals surface area contributed by atoms with Gasteiger partial charge < -0.3 is 14.2 Å². The third-order valence-electron chi connectivity index (χ3n) is 11.0. The van der Waals surface area contributed by atoms with Crippen LogP contribution in [-0.4, -0.2) is 37.2 Å². The average molecular weight is 779 g/mol. The summed E-state index contributed by atoms with van der Waals surface area (Å²) in [5.74, 6) is 0.786. The minimum absolute atomic E-state index is 0.0645. The van der Waals surface area contributed by atoms with E-state index in [1.807, 2.05) is 0 Å². The molecule has 326 valence electrons. The van der Waals surface area contributed by atoms with E-state index in [4.69, 9.17) is 14.2 Å². The van der Waals surface area contributed by atoms with E-state index in [9.17, 15) is 14.4 Å². The maximum atomic E-state index is 12.7. The van der Waals surface area contributed by atoms with Crippen molar-refractivity contribution >= 4 is 17.9 Å². The molecule has 1 atom stereocenters. The van der Waals surface area contributed by atoms with E-state index in [0.29, 0.717) is 19.3 Å². The molecule has 6 nitrogen and oxygen atoms in total. The highest BCUT2D eigenvalue weighted by Gasteiger charge is 2.19. The zero-order valence-electron chi connectivity index (χ0n) is 37.6. The number of unbranched alkanes of at least 4 members (excludes halogenated alkanes) is 28. The van der Waals surface area contributed by atoms with Crippen molar-refractivity contribution < 1.29 is 28.6 Å². The van der Waals surface area contributed by atoms with Crippen molar-refractivity contribution in [2.75, 3.05) is 13.2 Å². The third kappa shape index (κ3) is 43.4. The first-order valence-electron chi connectivity index (χ1n) is 24.2. The highest BCUT2D eigenvalue weighted by atomic mass is 16.6. The number of hydrogen-bond acceptors (Lipinski definition) is 6. The summed E-state index contributed by atoms with van der Waals surface area (Å²) < 4.78 is 16.7. The van der Waals surface area contributed by atoms with E-state index in [1.54, 1.807) is 0 Å². The number of rotatable bonds is 43. The van der Waals surface area contributed by atoms with Crippen molar-refractivity contribution in [3.63, 3.8) is 0 Å². The topological polar surface area (TPSA) is 78.9 Å². The molecule has 0 aliphatic heterocycles. The number of carbonyl (C=O) groups excluding carboxylic acids is 3. The van der Waals surface area contributed by atoms with E-state index < -0.39 is 6.10 Å². The Hall–Kier alpha value is -1.59. The monoisotopic (exact) mass is 779 g/mol. The predicted octanol–water partition coefficient (Wildman–Crippen LogP) is 15.4. The van der Waals surface area contributed by atoms with Gasteiger partial charge in [0, 0.05) is 19.3 Å². The second-order valence-electron chi connectivity index (χ2n) is 17.7. The Morgan fingerprint density at radius 2 is 0.600 bits per heavy atom. The quantitative estimate of drug-likeness (QED) is 0.0348. The Balaban J connectivity index is 4.31. The van der Waals surface area contributed by atoms with Gasteiger partial charge in [-0.15, -0.1) is 0 Å². The normalized spacial score (nSPS) is 12.1. The lowest BCUT2D eigenvalue weighted by molar-refractivity contribution is -0.167. The van der Waals surface area contributed by atoms with Crippen LogP contribution in [0.1, 0.15) is 266 Å². The first-order chi connectivity index (χ1) is 26.7. The molecule has 0 heterocycles. The Morgan fingerprint density at radius 3 is 0.891 bits per heavy atom. The van der Waals surface area contributed by atoms with Crippen LogP contribution in [0.25, 0.3) is 0 Å². The molecule has 55 heavy (non-hydrogen) atoms. The van der Waals surface area contributed by atoms with Gasteiger partial charge in [-0.25, -0.2) is 0 Å². The van der Waals surface area contributed by atoms with E-state index in [0.717, 1.165) is 69.6 Å². The molecule has 0 rings (SSSR count). The Bertz CT molecular complexity index is 839. The lowest BCUT2D eigenvalue weighted by Crippen LogP contribution is -2.30. The van der Waals surface area contributed by atoms with Crippen molar-refractivity contribution in [1.82, 2.24) is 0 Å². The SMILES string of the molecule is CCCCCCCCCCCCC(=O)OC[C@@H](COC(=O)CCCCCCCCCCCC(C)C)OC(=O)CCCCCCCCCCCCCCC(C)C. The largest absolute Gasteiger partial charge is 0.462 e. The molecule has 0 bridgehead atoms. The van der Waals surface area contributed by atoms with Crippen molar-refractivity contribution in [2.24, 2.45) is 11.8 Å². The molecule has 0 N–H and O–H groups in total. The number of ether oxygens (including phenoxy) is 3. The van der Waals surface area contributed by atoms with Crippen LogP contribution in [0, 0.1) is 11.8 Å². The van der Waals surface area contributed by atoms with Crippen LogP contribution in [0.5, 0.6) is 0 Å². The van der Waals surface area contributed by atoms with Crippen LogP contribution in [0.3, 0.4) is 0 Å². The van der Waals surface area contributed by atoms with Crippen molar-refractivity contribution in [3.05, 3.63) is 0 Å². The minimum atomic E-state index is -0.760. The van der Waals surface area contributed by atoms with Gasteiger partial charge in [0.05, 0.1) is 0 Å². The van der Waals surface area contributed by atoms with Gasteiger partial charge in [0.25, 0.3) is 0 Å². The number of esters is 3. The molecule has 0 aromatic heterocycles. The molecule has 0 unspecified atom stereocenters. The maximum absolute atomic E-state index is 12.7. The standard InChI is InChI=1S/C49H94O6/c1-6-7-8-9-10-11-19-24-29-34-39-47(50)53-42-46(43-54-48(51)40-35-30-25-21-16-18-23-28-33-38-45(4)5)55-49(52)41-36-31-26-20-15-13-12-14-17-22-27-32-37-44(2)3/h44-46H,6-43H2,1-5H3/t46-/m0/s1. The van der Waals surface area contributed by atoms with Crippen LogP contribution in [-0.2, 0) is 28.6 Å². The predicted molar refractivity (Wildman–Crippen MR) is 233 cm³/mol. The summed E-state index contributed by atoms with van der Waals surface area (Å²) in [6.45, 7) is 11.3.